The number of ether oxygens (including phenoxy) is 5. The summed E-state index contributed by atoms with van der Waals surface area (Å²) in [5, 5.41) is 13.4. The van der Waals surface area contributed by atoms with E-state index in [0.717, 1.165) is 16.7 Å². The first-order valence-corrected chi connectivity index (χ1v) is 13.4. The van der Waals surface area contributed by atoms with E-state index in [1.165, 1.54) is 33.3 Å². The van der Waals surface area contributed by atoms with Gasteiger partial charge in [-0.25, -0.2) is 14.6 Å². The minimum Gasteiger partial charge on any atom is -0.493 e. The standard InChI is InChI=1S/C26H30N6O8S/c1-7-39-24(34)18-16(11-41-25-29-19-22(30-25)31(2)26(35)32(3)23(19)33)40-21(28)13(10-27)17(18)12-8-14(36-4)20(38-6)15(9-12)37-5/h8-9,17,19,22H,7,11,28H2,1-6H3,(H,29,30). The van der Waals surface area contributed by atoms with E-state index in [1.807, 2.05) is 0 Å². The van der Waals surface area contributed by atoms with Crippen LogP contribution < -0.4 is 25.3 Å². The van der Waals surface area contributed by atoms with Crippen molar-refractivity contribution in [2.45, 2.75) is 25.0 Å². The molecule has 15 heteroatoms. The lowest BCUT2D eigenvalue weighted by atomic mass is 9.82. The number of amides is 3. The van der Waals surface area contributed by atoms with Crippen LogP contribution in [0, 0.1) is 11.3 Å². The van der Waals surface area contributed by atoms with Gasteiger partial charge in [0.2, 0.25) is 11.6 Å². The van der Waals surface area contributed by atoms with Crippen molar-refractivity contribution in [3.05, 3.63) is 40.5 Å². The van der Waals surface area contributed by atoms with Crippen LogP contribution in [-0.4, -0.2) is 92.9 Å². The Balaban J connectivity index is 1.75. The molecule has 0 bridgehead atoms. The van der Waals surface area contributed by atoms with E-state index in [2.05, 4.69) is 16.4 Å². The molecule has 3 heterocycles. The van der Waals surface area contributed by atoms with Crippen LogP contribution in [0.15, 0.2) is 39.9 Å². The molecule has 14 nitrogen and oxygen atoms in total. The molecule has 1 fully saturated rings. The lowest BCUT2D eigenvalue weighted by Crippen LogP contribution is -2.63. The fourth-order valence-corrected chi connectivity index (χ4v) is 5.64. The van der Waals surface area contributed by atoms with Crippen molar-refractivity contribution >= 4 is 34.8 Å². The van der Waals surface area contributed by atoms with Crippen molar-refractivity contribution in [1.29, 1.82) is 5.26 Å². The number of carbonyl (C=O) groups excluding carboxylic acids is 3. The fraction of sp³-hybridized carbons (Fsp3) is 0.423. The zero-order chi connectivity index (χ0) is 30.0. The molecule has 1 aromatic rings. The van der Waals surface area contributed by atoms with E-state index in [0.29, 0.717) is 28.0 Å². The smallest absolute Gasteiger partial charge is 0.338 e. The molecule has 0 aromatic heterocycles. The molecular weight excluding hydrogens is 556 g/mol. The number of nitrogens with zero attached hydrogens (tertiary/aromatic N) is 4. The zero-order valence-electron chi connectivity index (χ0n) is 23.3. The first-order chi connectivity index (χ1) is 19.6. The number of rotatable bonds is 8. The van der Waals surface area contributed by atoms with Gasteiger partial charge in [0.1, 0.15) is 23.4 Å². The number of aliphatic imine (C=N–C) groups is 1. The predicted octanol–water partition coefficient (Wildman–Crippen LogP) is 1.25. The molecule has 1 aromatic carbocycles. The number of hydrogen-bond donors (Lipinski definition) is 2. The van der Waals surface area contributed by atoms with Gasteiger partial charge in [-0.05, 0) is 24.6 Å². The van der Waals surface area contributed by atoms with E-state index in [1.54, 1.807) is 26.1 Å². The Hall–Kier alpha value is -4.58. The van der Waals surface area contributed by atoms with Crippen molar-refractivity contribution in [3.8, 4) is 23.3 Å². The lowest BCUT2D eigenvalue weighted by Gasteiger charge is -2.36. The largest absolute Gasteiger partial charge is 0.493 e. The molecule has 218 valence electrons. The number of nitriles is 1. The van der Waals surface area contributed by atoms with Crippen LogP contribution in [0.4, 0.5) is 4.79 Å². The number of allylic oxidation sites excluding steroid dienone is 1. The van der Waals surface area contributed by atoms with Crippen LogP contribution in [0.1, 0.15) is 18.4 Å². The maximum atomic E-state index is 13.4. The van der Waals surface area contributed by atoms with Gasteiger partial charge < -0.3 is 39.6 Å². The van der Waals surface area contributed by atoms with Crippen molar-refractivity contribution in [3.63, 3.8) is 0 Å². The normalized spacial score (nSPS) is 22.0. The molecule has 3 N–H and O–H groups in total. The molecule has 0 spiro atoms. The lowest BCUT2D eigenvalue weighted by molar-refractivity contribution is -0.139. The van der Waals surface area contributed by atoms with E-state index in [9.17, 15) is 19.6 Å². The van der Waals surface area contributed by atoms with E-state index >= 15 is 0 Å². The summed E-state index contributed by atoms with van der Waals surface area (Å²) in [6, 6.07) is 4.07. The highest BCUT2D eigenvalue weighted by Gasteiger charge is 2.47. The summed E-state index contributed by atoms with van der Waals surface area (Å²) in [7, 11) is 7.32. The molecule has 0 aliphatic carbocycles. The summed E-state index contributed by atoms with van der Waals surface area (Å²) in [6.07, 6.45) is -0.721. The number of imide groups is 1. The highest BCUT2D eigenvalue weighted by Crippen LogP contribution is 2.46. The summed E-state index contributed by atoms with van der Waals surface area (Å²) in [5.74, 6) is -1.19. The number of thioether (sulfide) groups is 1. The Morgan fingerprint density at radius 1 is 1.20 bits per heavy atom. The number of benzene rings is 1. The molecule has 1 saturated heterocycles. The molecule has 3 aliphatic rings. The Morgan fingerprint density at radius 2 is 1.85 bits per heavy atom. The predicted molar refractivity (Wildman–Crippen MR) is 147 cm³/mol. The number of carbonyl (C=O) groups is 3. The SMILES string of the molecule is CCOC(=O)C1=C(CSC2=NC3C(N2)C(=O)N(C)C(=O)N3C)OC(N)=C(C#N)C1c1cc(OC)c(OC)c(OC)c1. The van der Waals surface area contributed by atoms with Gasteiger partial charge in [0.15, 0.2) is 22.8 Å². The van der Waals surface area contributed by atoms with Gasteiger partial charge in [0.25, 0.3) is 5.91 Å². The number of methoxy groups -OCH3 is 3. The highest BCUT2D eigenvalue weighted by molar-refractivity contribution is 8.14. The molecular formula is C26H30N6O8S. The number of nitrogens with one attached hydrogen (secondary N) is 1. The van der Waals surface area contributed by atoms with Gasteiger partial charge in [-0.2, -0.15) is 5.26 Å². The van der Waals surface area contributed by atoms with Crippen molar-refractivity contribution < 1.29 is 38.1 Å². The summed E-state index contributed by atoms with van der Waals surface area (Å²) in [4.78, 5) is 45.3. The van der Waals surface area contributed by atoms with Gasteiger partial charge in [-0.3, -0.25) is 9.69 Å². The number of amidine groups is 1. The van der Waals surface area contributed by atoms with Crippen LogP contribution in [0.3, 0.4) is 0 Å². The van der Waals surface area contributed by atoms with Crippen LogP contribution in [-0.2, 0) is 19.1 Å². The molecule has 0 radical (unpaired) electrons. The first kappa shape index (κ1) is 29.4. The fourth-order valence-electron chi connectivity index (χ4n) is 4.76. The maximum Gasteiger partial charge on any atom is 0.338 e. The van der Waals surface area contributed by atoms with Gasteiger partial charge in [0.05, 0.1) is 45.2 Å². The Labute approximate surface area is 240 Å². The van der Waals surface area contributed by atoms with Crippen LogP contribution in [0.5, 0.6) is 17.2 Å². The van der Waals surface area contributed by atoms with E-state index < -0.39 is 36.0 Å². The van der Waals surface area contributed by atoms with Gasteiger partial charge in [-0.1, -0.05) is 11.8 Å². The second kappa shape index (κ2) is 11.9. The quantitative estimate of drug-likeness (QED) is 0.417. The average Bonchev–Trinajstić information content (AvgIpc) is 3.41. The van der Waals surface area contributed by atoms with Gasteiger partial charge in [-0.15, -0.1) is 0 Å². The van der Waals surface area contributed by atoms with Crippen molar-refractivity contribution in [1.82, 2.24) is 15.1 Å². The number of likely N-dealkylation sites (N-methyl/N-ethyl adjacent to an activating group) is 2. The Morgan fingerprint density at radius 3 is 2.41 bits per heavy atom. The summed E-state index contributed by atoms with van der Waals surface area (Å²) >= 11 is 1.14. The van der Waals surface area contributed by atoms with Crippen molar-refractivity contribution in [2.24, 2.45) is 10.7 Å². The second-order valence-corrected chi connectivity index (χ2v) is 9.95. The molecule has 3 atom stereocenters. The summed E-state index contributed by atoms with van der Waals surface area (Å²) < 4.78 is 27.6. The number of esters is 1. The first-order valence-electron chi connectivity index (χ1n) is 12.4. The molecule has 4 rings (SSSR count). The topological polar surface area (TPSA) is 178 Å². The Kier molecular flexibility index (Phi) is 8.52. The van der Waals surface area contributed by atoms with E-state index in [-0.39, 0.29) is 35.1 Å². The van der Waals surface area contributed by atoms with Crippen LogP contribution >= 0.6 is 11.8 Å². The molecule has 0 saturated carbocycles. The zero-order valence-corrected chi connectivity index (χ0v) is 24.2. The highest BCUT2D eigenvalue weighted by atomic mass is 32.2. The third kappa shape index (κ3) is 5.18. The monoisotopic (exact) mass is 586 g/mol. The summed E-state index contributed by atoms with van der Waals surface area (Å²) in [6.45, 7) is 1.73. The van der Waals surface area contributed by atoms with Crippen molar-refractivity contribution in [2.75, 3.05) is 47.8 Å². The van der Waals surface area contributed by atoms with Gasteiger partial charge in [0, 0.05) is 14.1 Å². The van der Waals surface area contributed by atoms with Crippen LogP contribution in [0.25, 0.3) is 0 Å². The summed E-state index contributed by atoms with van der Waals surface area (Å²) in [5.41, 5.74) is 6.69. The second-order valence-electron chi connectivity index (χ2n) is 8.99. The molecule has 3 amide bonds. The average molecular weight is 587 g/mol. The molecule has 41 heavy (non-hydrogen) atoms. The van der Waals surface area contributed by atoms with E-state index in [4.69, 9.17) is 29.4 Å². The maximum absolute atomic E-state index is 13.4. The molecule has 3 unspecified atom stereocenters. The number of nitrogens with two attached hydrogens (primary N) is 1. The third-order valence-corrected chi connectivity index (χ3v) is 7.66. The number of fused-ring (bicyclic) bond motifs is 1. The Bertz CT molecular complexity index is 1390. The minimum atomic E-state index is -0.989. The molecule has 3 aliphatic heterocycles. The van der Waals surface area contributed by atoms with Crippen LogP contribution in [0.2, 0.25) is 0 Å². The minimum absolute atomic E-state index is 0.00722. The third-order valence-electron chi connectivity index (χ3n) is 6.76. The van der Waals surface area contributed by atoms with Gasteiger partial charge >= 0.3 is 12.0 Å². The number of hydrogen-bond acceptors (Lipinski definition) is 13. The number of urea groups is 1.